The number of nitrogens with one attached hydrogen (secondary N) is 1. The van der Waals surface area contributed by atoms with E-state index in [1.807, 2.05) is 31.2 Å². The summed E-state index contributed by atoms with van der Waals surface area (Å²) < 4.78 is 29.2. The number of carbonyl (C=O) groups excluding carboxylic acids is 1. The summed E-state index contributed by atoms with van der Waals surface area (Å²) in [7, 11) is 0. The van der Waals surface area contributed by atoms with Gasteiger partial charge < -0.3 is 10.1 Å². The van der Waals surface area contributed by atoms with E-state index in [1.165, 1.54) is 52.9 Å². The number of hydrogen-bond acceptors (Lipinski definition) is 7. The molecule has 1 N–H and O–H groups in total. The standard InChI is InChI=1S/C18H15F2N3O2S2/c1-11-2-6-13(7-3-11)21-17-22-23-18(27-17)26-10-15(24)12-4-8-14(9-5-12)25-16(19)20/h2-9,16H,10H2,1H3,(H,21,22). The number of alkyl halides is 2. The SMILES string of the molecule is Cc1ccc(Nc2nnc(SCC(=O)c3ccc(OC(F)F)cc3)s2)cc1. The minimum Gasteiger partial charge on any atom is -0.435 e. The molecule has 2 aromatic carbocycles. The summed E-state index contributed by atoms with van der Waals surface area (Å²) in [5.41, 5.74) is 2.50. The second kappa shape index (κ2) is 8.92. The van der Waals surface area contributed by atoms with Crippen LogP contribution >= 0.6 is 23.1 Å². The highest BCUT2D eigenvalue weighted by Crippen LogP contribution is 2.28. The van der Waals surface area contributed by atoms with Gasteiger partial charge in [0, 0.05) is 11.3 Å². The lowest BCUT2D eigenvalue weighted by atomic mass is 10.1. The Morgan fingerprint density at radius 1 is 1.15 bits per heavy atom. The number of nitrogens with zero attached hydrogens (tertiary/aromatic N) is 2. The fourth-order valence-corrected chi connectivity index (χ4v) is 3.78. The molecule has 0 unspecified atom stereocenters. The van der Waals surface area contributed by atoms with Gasteiger partial charge in [-0.2, -0.15) is 8.78 Å². The van der Waals surface area contributed by atoms with Gasteiger partial charge in [0.1, 0.15) is 5.75 Å². The quantitative estimate of drug-likeness (QED) is 0.411. The number of halogens is 2. The first-order chi connectivity index (χ1) is 13.0. The van der Waals surface area contributed by atoms with Gasteiger partial charge in [-0.3, -0.25) is 4.79 Å². The molecule has 0 saturated heterocycles. The molecule has 0 bridgehead atoms. The Bertz CT molecular complexity index is 900. The third-order valence-corrected chi connectivity index (χ3v) is 5.41. The number of hydrogen-bond donors (Lipinski definition) is 1. The van der Waals surface area contributed by atoms with Gasteiger partial charge in [0.15, 0.2) is 10.1 Å². The van der Waals surface area contributed by atoms with E-state index >= 15 is 0 Å². The van der Waals surface area contributed by atoms with Crippen molar-refractivity contribution in [1.29, 1.82) is 0 Å². The molecular weight excluding hydrogens is 392 g/mol. The van der Waals surface area contributed by atoms with Crippen molar-refractivity contribution in [3.05, 3.63) is 59.7 Å². The zero-order valence-electron chi connectivity index (χ0n) is 14.2. The van der Waals surface area contributed by atoms with Gasteiger partial charge in [-0.15, -0.1) is 10.2 Å². The molecule has 0 fully saturated rings. The van der Waals surface area contributed by atoms with E-state index in [9.17, 15) is 13.6 Å². The number of aromatic nitrogens is 2. The van der Waals surface area contributed by atoms with E-state index in [-0.39, 0.29) is 17.3 Å². The molecule has 0 aliphatic carbocycles. The predicted molar refractivity (Wildman–Crippen MR) is 102 cm³/mol. The van der Waals surface area contributed by atoms with Crippen LogP contribution in [0.25, 0.3) is 0 Å². The lowest BCUT2D eigenvalue weighted by molar-refractivity contribution is -0.0498. The van der Waals surface area contributed by atoms with Crippen molar-refractivity contribution < 1.29 is 18.3 Å². The maximum absolute atomic E-state index is 12.2. The Labute approximate surface area is 162 Å². The highest BCUT2D eigenvalue weighted by atomic mass is 32.2. The smallest absolute Gasteiger partial charge is 0.387 e. The summed E-state index contributed by atoms with van der Waals surface area (Å²) in [5.74, 6) is 0.0609. The molecule has 0 aliphatic rings. The first-order valence-corrected chi connectivity index (χ1v) is 9.68. The van der Waals surface area contributed by atoms with E-state index in [0.717, 1.165) is 5.69 Å². The number of Topliss-reactive ketones (excluding diaryl/α,β-unsaturated/α-hetero) is 1. The monoisotopic (exact) mass is 407 g/mol. The Kier molecular flexibility index (Phi) is 6.36. The number of aryl methyl sites for hydroxylation is 1. The van der Waals surface area contributed by atoms with E-state index in [1.54, 1.807) is 0 Å². The summed E-state index contributed by atoms with van der Waals surface area (Å²) in [4.78, 5) is 12.2. The molecule has 0 spiro atoms. The second-order valence-corrected chi connectivity index (χ2v) is 7.68. The number of ether oxygens (including phenoxy) is 1. The summed E-state index contributed by atoms with van der Waals surface area (Å²) in [5, 5.41) is 11.9. The molecule has 27 heavy (non-hydrogen) atoms. The van der Waals surface area contributed by atoms with Gasteiger partial charge in [-0.05, 0) is 43.3 Å². The molecule has 5 nitrogen and oxygen atoms in total. The normalized spacial score (nSPS) is 10.8. The van der Waals surface area contributed by atoms with Crippen LogP contribution in [-0.2, 0) is 0 Å². The number of ketones is 1. The van der Waals surface area contributed by atoms with Crippen molar-refractivity contribution in [2.24, 2.45) is 0 Å². The average molecular weight is 407 g/mol. The van der Waals surface area contributed by atoms with Crippen molar-refractivity contribution in [3.8, 4) is 5.75 Å². The molecule has 0 saturated carbocycles. The van der Waals surface area contributed by atoms with Crippen LogP contribution in [0.15, 0.2) is 52.9 Å². The van der Waals surface area contributed by atoms with Gasteiger partial charge in [0.2, 0.25) is 5.13 Å². The molecule has 3 aromatic rings. The van der Waals surface area contributed by atoms with Crippen LogP contribution in [0.3, 0.4) is 0 Å². The Morgan fingerprint density at radius 3 is 2.52 bits per heavy atom. The largest absolute Gasteiger partial charge is 0.435 e. The van der Waals surface area contributed by atoms with E-state index in [2.05, 4.69) is 20.3 Å². The Morgan fingerprint density at radius 2 is 1.85 bits per heavy atom. The summed E-state index contributed by atoms with van der Waals surface area (Å²) in [6.07, 6.45) is 0. The van der Waals surface area contributed by atoms with Gasteiger partial charge in [-0.1, -0.05) is 40.8 Å². The first kappa shape index (κ1) is 19.2. The lowest BCUT2D eigenvalue weighted by Gasteiger charge is -2.05. The predicted octanol–water partition coefficient (Wildman–Crippen LogP) is 5.17. The van der Waals surface area contributed by atoms with Gasteiger partial charge in [-0.25, -0.2) is 0 Å². The molecule has 0 radical (unpaired) electrons. The summed E-state index contributed by atoms with van der Waals surface area (Å²) in [6.45, 7) is -0.873. The van der Waals surface area contributed by atoms with Crippen LogP contribution < -0.4 is 10.1 Å². The van der Waals surface area contributed by atoms with Gasteiger partial charge in [0.05, 0.1) is 5.75 Å². The number of thioether (sulfide) groups is 1. The fraction of sp³-hybridized carbons (Fsp3) is 0.167. The molecule has 0 aliphatic heterocycles. The molecular formula is C18H15F2N3O2S2. The molecule has 0 amide bonds. The topological polar surface area (TPSA) is 64.1 Å². The Balaban J connectivity index is 1.53. The van der Waals surface area contributed by atoms with Crippen molar-refractivity contribution in [2.45, 2.75) is 17.9 Å². The van der Waals surface area contributed by atoms with Crippen LogP contribution in [0.4, 0.5) is 19.6 Å². The van der Waals surface area contributed by atoms with Crippen LogP contribution in [-0.4, -0.2) is 28.3 Å². The van der Waals surface area contributed by atoms with Crippen LogP contribution in [0, 0.1) is 6.92 Å². The van der Waals surface area contributed by atoms with Gasteiger partial charge in [0.25, 0.3) is 0 Å². The lowest BCUT2D eigenvalue weighted by Crippen LogP contribution is -2.04. The van der Waals surface area contributed by atoms with E-state index in [4.69, 9.17) is 0 Å². The highest BCUT2D eigenvalue weighted by molar-refractivity contribution is 8.01. The van der Waals surface area contributed by atoms with Crippen molar-refractivity contribution in [1.82, 2.24) is 10.2 Å². The van der Waals surface area contributed by atoms with Crippen molar-refractivity contribution in [3.63, 3.8) is 0 Å². The van der Waals surface area contributed by atoms with Crippen LogP contribution in [0.5, 0.6) is 5.75 Å². The number of anilines is 2. The number of rotatable bonds is 8. The summed E-state index contributed by atoms with van der Waals surface area (Å²) >= 11 is 2.63. The zero-order valence-corrected chi connectivity index (χ0v) is 15.8. The molecule has 140 valence electrons. The van der Waals surface area contributed by atoms with E-state index < -0.39 is 6.61 Å². The molecule has 1 aromatic heterocycles. The highest BCUT2D eigenvalue weighted by Gasteiger charge is 2.11. The second-order valence-electron chi connectivity index (χ2n) is 5.48. The molecule has 0 atom stereocenters. The average Bonchev–Trinajstić information content (AvgIpc) is 3.09. The minimum atomic E-state index is -2.89. The fourth-order valence-electron chi connectivity index (χ4n) is 2.11. The number of benzene rings is 2. The van der Waals surface area contributed by atoms with Crippen molar-refractivity contribution in [2.75, 3.05) is 11.1 Å². The third-order valence-electron chi connectivity index (χ3n) is 3.44. The van der Waals surface area contributed by atoms with E-state index in [0.29, 0.717) is 15.0 Å². The first-order valence-electron chi connectivity index (χ1n) is 7.87. The molecule has 3 rings (SSSR count). The molecule has 9 heteroatoms. The maximum atomic E-state index is 12.2. The third kappa shape index (κ3) is 5.73. The van der Waals surface area contributed by atoms with Crippen LogP contribution in [0.1, 0.15) is 15.9 Å². The van der Waals surface area contributed by atoms with Crippen molar-refractivity contribution >= 4 is 39.7 Å². The minimum absolute atomic E-state index is 0.0187. The van der Waals surface area contributed by atoms with Crippen LogP contribution in [0.2, 0.25) is 0 Å². The summed E-state index contributed by atoms with van der Waals surface area (Å²) in [6, 6.07) is 13.5. The number of carbonyl (C=O) groups is 1. The van der Waals surface area contributed by atoms with Gasteiger partial charge >= 0.3 is 6.61 Å². The molecule has 1 heterocycles. The zero-order chi connectivity index (χ0) is 19.2. The Hall–Kier alpha value is -2.52. The maximum Gasteiger partial charge on any atom is 0.387 e.